The molecule has 1 aliphatic carbocycles. The number of pyridine rings is 1. The van der Waals surface area contributed by atoms with Crippen LogP contribution in [0.5, 0.6) is 0 Å². The van der Waals surface area contributed by atoms with Gasteiger partial charge in [0.05, 0.1) is 32.6 Å². The number of carboxylic acid groups (broad SMARTS) is 1. The maximum absolute atomic E-state index is 12.5. The summed E-state index contributed by atoms with van der Waals surface area (Å²) in [5, 5.41) is 16.4. The van der Waals surface area contributed by atoms with E-state index in [0.717, 1.165) is 18.4 Å². The number of hydrogen-bond donors (Lipinski definition) is 3. The van der Waals surface area contributed by atoms with Crippen molar-refractivity contribution in [3.8, 4) is 0 Å². The largest absolute Gasteiger partial charge is 0.481 e. The summed E-state index contributed by atoms with van der Waals surface area (Å²) in [4.78, 5) is 27.8. The second-order valence-corrected chi connectivity index (χ2v) is 9.02. The molecule has 0 bridgehead atoms. The molecular weight excluding hydrogens is 461 g/mol. The summed E-state index contributed by atoms with van der Waals surface area (Å²) in [6.45, 7) is 2.42. The van der Waals surface area contributed by atoms with Crippen molar-refractivity contribution in [2.24, 2.45) is 11.8 Å². The number of aliphatic carboxylic acids is 1. The van der Waals surface area contributed by atoms with E-state index in [1.165, 1.54) is 6.20 Å². The second-order valence-electron chi connectivity index (χ2n) is 7.83. The number of benzene rings is 1. The molecule has 166 valence electrons. The summed E-state index contributed by atoms with van der Waals surface area (Å²) in [6.07, 6.45) is 4.36. The van der Waals surface area contributed by atoms with Crippen molar-refractivity contribution in [3.05, 3.63) is 56.7 Å². The van der Waals surface area contributed by atoms with Gasteiger partial charge in [0.15, 0.2) is 0 Å². The average molecular weight is 485 g/mol. The highest BCUT2D eigenvalue weighted by Gasteiger charge is 2.26. The smallest absolute Gasteiger partial charge is 0.306 e. The first-order valence-corrected chi connectivity index (χ1v) is 11.3. The number of anilines is 1. The van der Waals surface area contributed by atoms with Crippen LogP contribution in [0.15, 0.2) is 30.5 Å². The van der Waals surface area contributed by atoms with Crippen LogP contribution in [0.4, 0.5) is 5.82 Å². The van der Waals surface area contributed by atoms with Crippen LogP contribution in [0.3, 0.4) is 0 Å². The van der Waals surface area contributed by atoms with Gasteiger partial charge in [-0.3, -0.25) is 9.59 Å². The van der Waals surface area contributed by atoms with Crippen molar-refractivity contribution in [2.45, 2.75) is 38.6 Å². The fourth-order valence-corrected chi connectivity index (χ4v) is 4.45. The highest BCUT2D eigenvalue weighted by Crippen LogP contribution is 2.33. The molecular formula is C22H24Cl3N3O3. The third-order valence-corrected chi connectivity index (χ3v) is 6.77. The lowest BCUT2D eigenvalue weighted by molar-refractivity contribution is -0.143. The van der Waals surface area contributed by atoms with Gasteiger partial charge in [0.1, 0.15) is 5.82 Å². The maximum Gasteiger partial charge on any atom is 0.306 e. The number of carboxylic acids is 1. The van der Waals surface area contributed by atoms with Crippen LogP contribution < -0.4 is 10.6 Å². The highest BCUT2D eigenvalue weighted by atomic mass is 35.5. The lowest BCUT2D eigenvalue weighted by atomic mass is 9.82. The van der Waals surface area contributed by atoms with Crippen molar-refractivity contribution in [1.29, 1.82) is 0 Å². The molecule has 3 rings (SSSR count). The van der Waals surface area contributed by atoms with E-state index in [2.05, 4.69) is 15.6 Å². The normalized spacial score (nSPS) is 19.5. The third-order valence-electron chi connectivity index (χ3n) is 5.65. The molecule has 1 heterocycles. The minimum absolute atomic E-state index is 0.197. The molecule has 1 saturated carbocycles. The van der Waals surface area contributed by atoms with Gasteiger partial charge in [-0.05, 0) is 56.2 Å². The Morgan fingerprint density at radius 1 is 1.16 bits per heavy atom. The fraction of sp³-hybridized carbons (Fsp3) is 0.409. The molecule has 9 heteroatoms. The summed E-state index contributed by atoms with van der Waals surface area (Å²) in [6, 6.07) is 6.78. The Morgan fingerprint density at radius 2 is 1.87 bits per heavy atom. The monoisotopic (exact) mass is 483 g/mol. The van der Waals surface area contributed by atoms with Crippen LogP contribution >= 0.6 is 34.8 Å². The molecule has 6 nitrogen and oxygen atoms in total. The number of aromatic nitrogens is 1. The first-order valence-electron chi connectivity index (χ1n) is 10.1. The molecule has 0 radical (unpaired) electrons. The Balaban J connectivity index is 1.57. The molecule has 0 spiro atoms. The van der Waals surface area contributed by atoms with Crippen LogP contribution in [0.25, 0.3) is 0 Å². The topological polar surface area (TPSA) is 91.3 Å². The summed E-state index contributed by atoms with van der Waals surface area (Å²) in [7, 11) is 0. The summed E-state index contributed by atoms with van der Waals surface area (Å²) in [5.74, 6) is -0.531. The predicted molar refractivity (Wildman–Crippen MR) is 123 cm³/mol. The molecule has 31 heavy (non-hydrogen) atoms. The summed E-state index contributed by atoms with van der Waals surface area (Å²) in [5.41, 5.74) is 1.18. The molecule has 1 atom stereocenters. The first kappa shape index (κ1) is 23.6. The van der Waals surface area contributed by atoms with E-state index in [1.807, 2.05) is 19.1 Å². The predicted octanol–water partition coefficient (Wildman–Crippen LogP) is 5.84. The fourth-order valence-electron chi connectivity index (χ4n) is 3.76. The molecule has 1 aromatic heterocycles. The molecule has 0 aliphatic heterocycles. The Labute approximate surface area is 196 Å². The Bertz CT molecular complexity index is 962. The van der Waals surface area contributed by atoms with Crippen molar-refractivity contribution in [1.82, 2.24) is 10.3 Å². The number of nitrogens with zero attached hydrogens (tertiary/aromatic N) is 1. The van der Waals surface area contributed by atoms with Gasteiger partial charge in [-0.25, -0.2) is 4.98 Å². The van der Waals surface area contributed by atoms with E-state index in [4.69, 9.17) is 39.9 Å². The van der Waals surface area contributed by atoms with Crippen LogP contribution in [-0.2, 0) is 4.79 Å². The zero-order valence-corrected chi connectivity index (χ0v) is 19.3. The van der Waals surface area contributed by atoms with E-state index in [1.54, 1.807) is 12.1 Å². The van der Waals surface area contributed by atoms with E-state index in [9.17, 15) is 9.59 Å². The number of carbonyl (C=O) groups is 2. The number of carbonyl (C=O) groups excluding carboxylic acids is 1. The van der Waals surface area contributed by atoms with Gasteiger partial charge in [0.25, 0.3) is 5.91 Å². The van der Waals surface area contributed by atoms with Crippen LogP contribution in [0.1, 0.15) is 54.6 Å². The van der Waals surface area contributed by atoms with Gasteiger partial charge in [0, 0.05) is 12.7 Å². The van der Waals surface area contributed by atoms with E-state index < -0.39 is 5.97 Å². The quantitative estimate of drug-likeness (QED) is 0.459. The van der Waals surface area contributed by atoms with Gasteiger partial charge in [-0.1, -0.05) is 46.9 Å². The summed E-state index contributed by atoms with van der Waals surface area (Å²) < 4.78 is 0. The van der Waals surface area contributed by atoms with Gasteiger partial charge in [-0.2, -0.15) is 0 Å². The molecule has 0 saturated heterocycles. The van der Waals surface area contributed by atoms with Gasteiger partial charge >= 0.3 is 5.97 Å². The zero-order chi connectivity index (χ0) is 22.5. The van der Waals surface area contributed by atoms with Gasteiger partial charge in [-0.15, -0.1) is 0 Å². The number of rotatable bonds is 7. The van der Waals surface area contributed by atoms with Gasteiger partial charge < -0.3 is 15.7 Å². The molecule has 2 aromatic rings. The van der Waals surface area contributed by atoms with Crippen LogP contribution in [0, 0.1) is 11.8 Å². The van der Waals surface area contributed by atoms with Crippen molar-refractivity contribution in [2.75, 3.05) is 11.9 Å². The maximum atomic E-state index is 12.5. The number of nitrogens with one attached hydrogen (secondary N) is 2. The highest BCUT2D eigenvalue weighted by molar-refractivity contribution is 6.42. The Hall–Kier alpha value is -2.02. The van der Waals surface area contributed by atoms with Crippen LogP contribution in [-0.4, -0.2) is 28.5 Å². The lowest BCUT2D eigenvalue weighted by Crippen LogP contribution is -2.32. The lowest BCUT2D eigenvalue weighted by Gasteiger charge is -2.26. The molecule has 1 amide bonds. The van der Waals surface area contributed by atoms with Crippen molar-refractivity contribution in [3.63, 3.8) is 0 Å². The molecule has 1 aromatic carbocycles. The van der Waals surface area contributed by atoms with Crippen molar-refractivity contribution >= 4 is 52.5 Å². The Kier molecular flexibility index (Phi) is 8.03. The minimum Gasteiger partial charge on any atom is -0.481 e. The molecule has 0 unspecified atom stereocenters. The molecule has 1 aliphatic rings. The molecule has 1 fully saturated rings. The first-order chi connectivity index (χ1) is 14.8. The molecule has 3 N–H and O–H groups in total. The van der Waals surface area contributed by atoms with Crippen molar-refractivity contribution < 1.29 is 14.7 Å². The van der Waals surface area contributed by atoms with E-state index >= 15 is 0 Å². The summed E-state index contributed by atoms with van der Waals surface area (Å²) >= 11 is 18.7. The average Bonchev–Trinajstić information content (AvgIpc) is 2.75. The third kappa shape index (κ3) is 6.03. The zero-order valence-electron chi connectivity index (χ0n) is 17.0. The number of amides is 1. The van der Waals surface area contributed by atoms with Gasteiger partial charge in [0.2, 0.25) is 0 Å². The van der Waals surface area contributed by atoms with Crippen LogP contribution in [0.2, 0.25) is 15.1 Å². The van der Waals surface area contributed by atoms with E-state index in [0.29, 0.717) is 45.8 Å². The SMILES string of the molecule is C[C@H](Nc1ncc(C(=O)NC[C@H]2CC[C@H](C(=O)O)CC2)cc1Cl)c1cccc(Cl)c1Cl. The Morgan fingerprint density at radius 3 is 2.52 bits per heavy atom. The standard InChI is InChI=1S/C22H24Cl3N3O3/c1-12(16-3-2-4-17(23)19(16)25)28-20-18(24)9-15(11-26-20)21(29)27-10-13-5-7-14(8-6-13)22(30)31/h2-4,9,11-14H,5-8,10H2,1H3,(H,26,28)(H,27,29)(H,30,31)/t12-,13-,14-/m0/s1. The second kappa shape index (κ2) is 10.5. The van der Waals surface area contributed by atoms with E-state index in [-0.39, 0.29) is 23.8 Å². The minimum atomic E-state index is -0.733. The number of halogens is 3. The number of hydrogen-bond acceptors (Lipinski definition) is 4.